The van der Waals surface area contributed by atoms with Crippen molar-refractivity contribution < 1.29 is 23.8 Å². The maximum atomic E-state index is 11.3. The van der Waals surface area contributed by atoms with Crippen LogP contribution in [0.15, 0.2) is 0 Å². The Morgan fingerprint density at radius 2 is 1.76 bits per heavy atom. The molecule has 0 aliphatic carbocycles. The van der Waals surface area contributed by atoms with Crippen molar-refractivity contribution in [2.75, 3.05) is 0 Å². The smallest absolute Gasteiger partial charge is 0.303 e. The van der Waals surface area contributed by atoms with Gasteiger partial charge < -0.3 is 19.9 Å². The number of nitrogens with one attached hydrogen (secondary N) is 1. The van der Waals surface area contributed by atoms with E-state index in [4.69, 9.17) is 25.4 Å². The summed E-state index contributed by atoms with van der Waals surface area (Å²) in [6.45, 7) is 6.42. The van der Waals surface area contributed by atoms with E-state index < -0.39 is 29.6 Å². The second kappa shape index (κ2) is 7.65. The van der Waals surface area contributed by atoms with E-state index in [1.807, 2.05) is 13.8 Å². The van der Waals surface area contributed by atoms with E-state index in [1.54, 1.807) is 0 Å². The summed E-state index contributed by atoms with van der Waals surface area (Å²) in [6, 6.07) is 0. The number of carbonyl (C=O) groups excluding carboxylic acids is 2. The molecule has 0 spiro atoms. The molecule has 1 saturated heterocycles. The number of hydrogen-bond donors (Lipinski definition) is 2. The van der Waals surface area contributed by atoms with Crippen LogP contribution in [0.4, 0.5) is 0 Å². The standard InChI is InChI=1S/C13H22N2O5S/c1-5-9-6(2)10(18-7(3)16)11(19-8(4)17)12(20-9)21-13(14)15/h6,9-12H,5H2,1-4H3,(H3,14,15)/t6-,9-,10+,11-,12?/m1/s1. The number of thioether (sulfide) groups is 1. The number of hydrogen-bond acceptors (Lipinski definition) is 7. The molecular formula is C13H22N2O5S. The quantitative estimate of drug-likeness (QED) is 0.456. The van der Waals surface area contributed by atoms with Crippen molar-refractivity contribution in [2.45, 2.75) is 57.9 Å². The van der Waals surface area contributed by atoms with Gasteiger partial charge >= 0.3 is 11.9 Å². The van der Waals surface area contributed by atoms with Crippen molar-refractivity contribution in [3.8, 4) is 0 Å². The SMILES string of the molecule is CC[C@H]1OC(SC(=N)N)[C@H](OC(C)=O)[C@@H](OC(C)=O)[C@@H]1C. The third-order valence-electron chi connectivity index (χ3n) is 3.26. The van der Waals surface area contributed by atoms with Gasteiger partial charge in [0.25, 0.3) is 0 Å². The van der Waals surface area contributed by atoms with Crippen molar-refractivity contribution >= 4 is 28.9 Å². The van der Waals surface area contributed by atoms with E-state index in [2.05, 4.69) is 0 Å². The van der Waals surface area contributed by atoms with Gasteiger partial charge in [0.15, 0.2) is 16.7 Å². The molecule has 0 aromatic heterocycles. The van der Waals surface area contributed by atoms with Gasteiger partial charge in [0, 0.05) is 19.8 Å². The molecule has 1 aliphatic heterocycles. The molecule has 0 bridgehead atoms. The minimum Gasteiger partial charge on any atom is -0.458 e. The molecule has 1 aliphatic rings. The zero-order chi connectivity index (χ0) is 16.2. The summed E-state index contributed by atoms with van der Waals surface area (Å²) in [5.41, 5.74) is 4.73. The highest BCUT2D eigenvalue weighted by Gasteiger charge is 2.47. The second-order valence-corrected chi connectivity index (χ2v) is 6.08. The van der Waals surface area contributed by atoms with Gasteiger partial charge in [-0.05, 0) is 6.42 Å². The van der Waals surface area contributed by atoms with Crippen LogP contribution in [-0.4, -0.2) is 40.9 Å². The highest BCUT2D eigenvalue weighted by Crippen LogP contribution is 2.36. The molecule has 1 rings (SSSR count). The molecular weight excluding hydrogens is 296 g/mol. The highest BCUT2D eigenvalue weighted by molar-refractivity contribution is 8.14. The molecule has 1 heterocycles. The predicted octanol–water partition coefficient (Wildman–Crippen LogP) is 1.25. The maximum absolute atomic E-state index is 11.3. The minimum absolute atomic E-state index is 0.132. The maximum Gasteiger partial charge on any atom is 0.303 e. The average molecular weight is 318 g/mol. The van der Waals surface area contributed by atoms with E-state index >= 15 is 0 Å². The number of amidine groups is 1. The van der Waals surface area contributed by atoms with Crippen LogP contribution in [0.2, 0.25) is 0 Å². The first kappa shape index (κ1) is 17.8. The molecule has 1 unspecified atom stereocenters. The fourth-order valence-corrected chi connectivity index (χ4v) is 3.20. The van der Waals surface area contributed by atoms with Crippen LogP contribution >= 0.6 is 11.8 Å². The number of rotatable bonds is 4. The molecule has 0 amide bonds. The molecule has 8 heteroatoms. The van der Waals surface area contributed by atoms with Gasteiger partial charge in [-0.15, -0.1) is 0 Å². The number of ether oxygens (including phenoxy) is 3. The molecule has 0 radical (unpaired) electrons. The first-order chi connectivity index (χ1) is 9.76. The normalized spacial score (nSPS) is 32.3. The number of esters is 2. The zero-order valence-electron chi connectivity index (χ0n) is 12.6. The topological polar surface area (TPSA) is 112 Å². The lowest BCUT2D eigenvalue weighted by molar-refractivity contribution is -0.207. The summed E-state index contributed by atoms with van der Waals surface area (Å²) in [7, 11) is 0. The Kier molecular flexibility index (Phi) is 6.47. The van der Waals surface area contributed by atoms with Gasteiger partial charge in [-0.3, -0.25) is 15.0 Å². The summed E-state index contributed by atoms with van der Waals surface area (Å²) in [4.78, 5) is 22.7. The van der Waals surface area contributed by atoms with Crippen molar-refractivity contribution in [3.63, 3.8) is 0 Å². The predicted molar refractivity (Wildman–Crippen MR) is 78.7 cm³/mol. The van der Waals surface area contributed by atoms with Crippen LogP contribution in [0.25, 0.3) is 0 Å². The largest absolute Gasteiger partial charge is 0.458 e. The van der Waals surface area contributed by atoms with E-state index in [-0.39, 0.29) is 17.2 Å². The van der Waals surface area contributed by atoms with E-state index in [1.165, 1.54) is 13.8 Å². The first-order valence-electron chi connectivity index (χ1n) is 6.76. The molecule has 120 valence electrons. The molecule has 0 saturated carbocycles. The Hall–Kier alpha value is -1.28. The van der Waals surface area contributed by atoms with Gasteiger partial charge in [-0.1, -0.05) is 25.6 Å². The van der Waals surface area contributed by atoms with E-state index in [0.717, 1.165) is 11.8 Å². The molecule has 7 nitrogen and oxygen atoms in total. The average Bonchev–Trinajstić information content (AvgIpc) is 2.35. The summed E-state index contributed by atoms with van der Waals surface area (Å²) in [6.07, 6.45) is -0.876. The summed E-state index contributed by atoms with van der Waals surface area (Å²) in [5.74, 6) is -1.09. The monoisotopic (exact) mass is 318 g/mol. The summed E-state index contributed by atoms with van der Waals surface area (Å²) in [5, 5.41) is 7.25. The highest BCUT2D eigenvalue weighted by atomic mass is 32.2. The second-order valence-electron chi connectivity index (χ2n) is 4.94. The lowest BCUT2D eigenvalue weighted by Gasteiger charge is -2.43. The van der Waals surface area contributed by atoms with Gasteiger partial charge in [-0.2, -0.15) is 0 Å². The first-order valence-corrected chi connectivity index (χ1v) is 7.64. The summed E-state index contributed by atoms with van der Waals surface area (Å²) >= 11 is 0.948. The fraction of sp³-hybridized carbons (Fsp3) is 0.769. The molecule has 21 heavy (non-hydrogen) atoms. The molecule has 1 fully saturated rings. The van der Waals surface area contributed by atoms with E-state index in [0.29, 0.717) is 6.42 Å². The van der Waals surface area contributed by atoms with Crippen LogP contribution in [0.1, 0.15) is 34.1 Å². The van der Waals surface area contributed by atoms with Gasteiger partial charge in [-0.25, -0.2) is 0 Å². The molecule has 0 aromatic carbocycles. The lowest BCUT2D eigenvalue weighted by atomic mass is 9.89. The van der Waals surface area contributed by atoms with Gasteiger partial charge in [0.1, 0.15) is 6.10 Å². The Morgan fingerprint density at radius 1 is 1.24 bits per heavy atom. The number of nitrogens with two attached hydrogens (primary N) is 1. The molecule has 3 N–H and O–H groups in total. The zero-order valence-corrected chi connectivity index (χ0v) is 13.4. The Bertz CT molecular complexity index is 417. The van der Waals surface area contributed by atoms with Crippen LogP contribution in [-0.2, 0) is 23.8 Å². The van der Waals surface area contributed by atoms with Gasteiger partial charge in [0.05, 0.1) is 6.10 Å². The molecule has 0 aromatic rings. The lowest BCUT2D eigenvalue weighted by Crippen LogP contribution is -2.55. The number of carbonyl (C=O) groups is 2. The van der Waals surface area contributed by atoms with Crippen molar-refractivity contribution in [2.24, 2.45) is 11.7 Å². The Labute approximate surface area is 128 Å². The fourth-order valence-electron chi connectivity index (χ4n) is 2.41. The van der Waals surface area contributed by atoms with Crippen molar-refractivity contribution in [1.29, 1.82) is 5.41 Å². The molecule has 5 atom stereocenters. The third kappa shape index (κ3) is 4.89. The van der Waals surface area contributed by atoms with Crippen LogP contribution in [0, 0.1) is 11.3 Å². The Morgan fingerprint density at radius 3 is 2.19 bits per heavy atom. The van der Waals surface area contributed by atoms with E-state index in [9.17, 15) is 9.59 Å². The van der Waals surface area contributed by atoms with Crippen molar-refractivity contribution in [3.05, 3.63) is 0 Å². The Balaban J connectivity index is 3.05. The van der Waals surface area contributed by atoms with Gasteiger partial charge in [0.2, 0.25) is 0 Å². The summed E-state index contributed by atoms with van der Waals surface area (Å²) < 4.78 is 16.5. The van der Waals surface area contributed by atoms with Crippen LogP contribution in [0.5, 0.6) is 0 Å². The van der Waals surface area contributed by atoms with Crippen LogP contribution < -0.4 is 5.73 Å². The third-order valence-corrected chi connectivity index (χ3v) is 4.12. The van der Waals surface area contributed by atoms with Crippen LogP contribution in [0.3, 0.4) is 0 Å². The van der Waals surface area contributed by atoms with Crippen molar-refractivity contribution in [1.82, 2.24) is 0 Å². The minimum atomic E-state index is -0.793.